The number of anilines is 2. The van der Waals surface area contributed by atoms with Crippen molar-refractivity contribution < 1.29 is 14.3 Å². The number of hydrogen-bond acceptors (Lipinski definition) is 4. The SMILES string of the molecule is COC(=O)c1ccc(Cl)c(NC(=O)c2ccc(N)c(C)c2)c1. The second kappa shape index (κ2) is 6.49. The minimum Gasteiger partial charge on any atom is -0.465 e. The first-order valence-corrected chi connectivity index (χ1v) is 6.85. The standard InChI is InChI=1S/C16H15ClN2O3/c1-9-7-10(4-6-13(9)18)15(20)19-14-8-11(16(21)22-2)3-5-12(14)17/h3-8H,18H2,1-2H3,(H,19,20). The fraction of sp³-hybridized carbons (Fsp3) is 0.125. The summed E-state index contributed by atoms with van der Waals surface area (Å²) in [6.07, 6.45) is 0. The number of methoxy groups -OCH3 is 1. The first-order chi connectivity index (χ1) is 10.4. The quantitative estimate of drug-likeness (QED) is 0.672. The fourth-order valence-electron chi connectivity index (χ4n) is 1.88. The summed E-state index contributed by atoms with van der Waals surface area (Å²) in [6.45, 7) is 1.82. The van der Waals surface area contributed by atoms with Crippen LogP contribution in [0, 0.1) is 6.92 Å². The third-order valence-corrected chi connectivity index (χ3v) is 3.50. The maximum absolute atomic E-state index is 12.3. The summed E-state index contributed by atoms with van der Waals surface area (Å²) in [6, 6.07) is 9.49. The van der Waals surface area contributed by atoms with Gasteiger partial charge in [-0.3, -0.25) is 4.79 Å². The van der Waals surface area contributed by atoms with Gasteiger partial charge in [-0.15, -0.1) is 0 Å². The molecular weight excluding hydrogens is 304 g/mol. The van der Waals surface area contributed by atoms with Gasteiger partial charge in [-0.25, -0.2) is 4.79 Å². The number of carbonyl (C=O) groups excluding carboxylic acids is 2. The topological polar surface area (TPSA) is 81.4 Å². The molecule has 0 radical (unpaired) electrons. The van der Waals surface area contributed by atoms with Crippen molar-refractivity contribution in [3.05, 3.63) is 58.1 Å². The van der Waals surface area contributed by atoms with Gasteiger partial charge in [-0.1, -0.05) is 11.6 Å². The van der Waals surface area contributed by atoms with Crippen LogP contribution in [-0.4, -0.2) is 19.0 Å². The molecule has 0 fully saturated rings. The van der Waals surface area contributed by atoms with Crippen molar-refractivity contribution >= 4 is 34.9 Å². The van der Waals surface area contributed by atoms with Crippen molar-refractivity contribution in [1.82, 2.24) is 0 Å². The number of nitrogens with two attached hydrogens (primary N) is 1. The highest BCUT2D eigenvalue weighted by Gasteiger charge is 2.13. The molecule has 0 aliphatic carbocycles. The molecule has 1 amide bonds. The van der Waals surface area contributed by atoms with Crippen LogP contribution in [-0.2, 0) is 4.74 Å². The maximum Gasteiger partial charge on any atom is 0.337 e. The Morgan fingerprint density at radius 3 is 2.45 bits per heavy atom. The van der Waals surface area contributed by atoms with Crippen LogP contribution in [0.15, 0.2) is 36.4 Å². The number of benzene rings is 2. The lowest BCUT2D eigenvalue weighted by molar-refractivity contribution is 0.0600. The molecular formula is C16H15ClN2O3. The Labute approximate surface area is 133 Å². The zero-order chi connectivity index (χ0) is 16.3. The molecule has 0 aliphatic heterocycles. The first-order valence-electron chi connectivity index (χ1n) is 6.47. The lowest BCUT2D eigenvalue weighted by Crippen LogP contribution is -2.13. The second-order valence-corrected chi connectivity index (χ2v) is 5.12. The third-order valence-electron chi connectivity index (χ3n) is 3.17. The highest BCUT2D eigenvalue weighted by Crippen LogP contribution is 2.24. The van der Waals surface area contributed by atoms with Crippen LogP contribution in [0.5, 0.6) is 0 Å². The molecule has 0 aliphatic rings. The van der Waals surface area contributed by atoms with Gasteiger partial charge in [0.25, 0.3) is 5.91 Å². The summed E-state index contributed by atoms with van der Waals surface area (Å²) in [5.41, 5.74) is 8.24. The lowest BCUT2D eigenvalue weighted by atomic mass is 10.1. The Kier molecular flexibility index (Phi) is 4.68. The molecule has 0 spiro atoms. The predicted molar refractivity (Wildman–Crippen MR) is 86.3 cm³/mol. The molecule has 0 saturated heterocycles. The van der Waals surface area contributed by atoms with Crippen molar-refractivity contribution in [2.24, 2.45) is 0 Å². The lowest BCUT2D eigenvalue weighted by Gasteiger charge is -2.10. The molecule has 114 valence electrons. The van der Waals surface area contributed by atoms with E-state index in [1.165, 1.54) is 25.3 Å². The van der Waals surface area contributed by atoms with Crippen LogP contribution in [0.2, 0.25) is 5.02 Å². The third kappa shape index (κ3) is 3.38. The molecule has 0 atom stereocenters. The van der Waals surface area contributed by atoms with Crippen LogP contribution in [0.1, 0.15) is 26.3 Å². The Bertz CT molecular complexity index is 744. The van der Waals surface area contributed by atoms with Crippen LogP contribution in [0.3, 0.4) is 0 Å². The number of esters is 1. The smallest absolute Gasteiger partial charge is 0.337 e. The first kappa shape index (κ1) is 15.9. The van der Waals surface area contributed by atoms with Gasteiger partial charge in [0.05, 0.1) is 23.4 Å². The average Bonchev–Trinajstić information content (AvgIpc) is 2.51. The summed E-state index contributed by atoms with van der Waals surface area (Å²) in [4.78, 5) is 23.8. The average molecular weight is 319 g/mol. The molecule has 22 heavy (non-hydrogen) atoms. The van der Waals surface area contributed by atoms with Crippen LogP contribution >= 0.6 is 11.6 Å². The van der Waals surface area contributed by atoms with Gasteiger partial charge in [-0.2, -0.15) is 0 Å². The van der Waals surface area contributed by atoms with Crippen molar-refractivity contribution in [2.75, 3.05) is 18.2 Å². The van der Waals surface area contributed by atoms with Crippen molar-refractivity contribution in [3.63, 3.8) is 0 Å². The monoisotopic (exact) mass is 318 g/mol. The van der Waals surface area contributed by atoms with E-state index in [0.29, 0.717) is 27.5 Å². The molecule has 5 nitrogen and oxygen atoms in total. The summed E-state index contributed by atoms with van der Waals surface area (Å²) < 4.78 is 4.64. The minimum atomic E-state index is -0.504. The summed E-state index contributed by atoms with van der Waals surface area (Å²) in [5, 5.41) is 3.00. The number of ether oxygens (including phenoxy) is 1. The predicted octanol–water partition coefficient (Wildman–Crippen LogP) is 3.27. The number of nitrogen functional groups attached to an aromatic ring is 1. The molecule has 6 heteroatoms. The number of halogens is 1. The molecule has 0 aromatic heterocycles. The highest BCUT2D eigenvalue weighted by molar-refractivity contribution is 6.34. The molecule has 0 unspecified atom stereocenters. The van der Waals surface area contributed by atoms with E-state index in [1.807, 2.05) is 6.92 Å². The fourth-order valence-corrected chi connectivity index (χ4v) is 2.04. The van der Waals surface area contributed by atoms with Crippen LogP contribution in [0.25, 0.3) is 0 Å². The van der Waals surface area contributed by atoms with Gasteiger partial charge < -0.3 is 15.8 Å². The van der Waals surface area contributed by atoms with E-state index in [1.54, 1.807) is 18.2 Å². The zero-order valence-corrected chi connectivity index (χ0v) is 12.9. The molecule has 0 heterocycles. The number of carbonyl (C=O) groups is 2. The van der Waals surface area contributed by atoms with Gasteiger partial charge in [0.1, 0.15) is 0 Å². The number of amides is 1. The van der Waals surface area contributed by atoms with Gasteiger partial charge in [0.2, 0.25) is 0 Å². The van der Waals surface area contributed by atoms with Gasteiger partial charge in [0.15, 0.2) is 0 Å². The minimum absolute atomic E-state index is 0.302. The van der Waals surface area contributed by atoms with E-state index in [-0.39, 0.29) is 5.91 Å². The van der Waals surface area contributed by atoms with E-state index < -0.39 is 5.97 Å². The summed E-state index contributed by atoms with van der Waals surface area (Å²) in [5.74, 6) is -0.845. The number of hydrogen-bond donors (Lipinski definition) is 2. The van der Waals surface area contributed by atoms with Crippen LogP contribution < -0.4 is 11.1 Å². The number of aryl methyl sites for hydroxylation is 1. The highest BCUT2D eigenvalue weighted by atomic mass is 35.5. The Balaban J connectivity index is 2.27. The Morgan fingerprint density at radius 1 is 1.14 bits per heavy atom. The van der Waals surface area contributed by atoms with Crippen molar-refractivity contribution in [2.45, 2.75) is 6.92 Å². The van der Waals surface area contributed by atoms with E-state index >= 15 is 0 Å². The molecule has 3 N–H and O–H groups in total. The van der Waals surface area contributed by atoms with E-state index in [2.05, 4.69) is 10.1 Å². The Hall–Kier alpha value is -2.53. The molecule has 2 aromatic rings. The maximum atomic E-state index is 12.3. The van der Waals surface area contributed by atoms with Gasteiger partial charge in [-0.05, 0) is 48.9 Å². The largest absolute Gasteiger partial charge is 0.465 e. The number of nitrogens with one attached hydrogen (secondary N) is 1. The molecule has 0 bridgehead atoms. The van der Waals surface area contributed by atoms with Gasteiger partial charge in [0, 0.05) is 11.3 Å². The zero-order valence-electron chi connectivity index (χ0n) is 12.1. The van der Waals surface area contributed by atoms with Crippen LogP contribution in [0.4, 0.5) is 11.4 Å². The molecule has 2 rings (SSSR count). The van der Waals surface area contributed by atoms with E-state index in [9.17, 15) is 9.59 Å². The molecule has 0 saturated carbocycles. The van der Waals surface area contributed by atoms with E-state index in [4.69, 9.17) is 17.3 Å². The number of rotatable bonds is 3. The second-order valence-electron chi connectivity index (χ2n) is 4.71. The van der Waals surface area contributed by atoms with Crippen molar-refractivity contribution in [3.8, 4) is 0 Å². The van der Waals surface area contributed by atoms with Crippen molar-refractivity contribution in [1.29, 1.82) is 0 Å². The molecule has 2 aromatic carbocycles. The summed E-state index contributed by atoms with van der Waals surface area (Å²) in [7, 11) is 1.28. The summed E-state index contributed by atoms with van der Waals surface area (Å²) >= 11 is 6.05. The normalized spacial score (nSPS) is 10.1. The van der Waals surface area contributed by atoms with Gasteiger partial charge >= 0.3 is 5.97 Å². The van der Waals surface area contributed by atoms with E-state index in [0.717, 1.165) is 5.56 Å². The Morgan fingerprint density at radius 2 is 1.82 bits per heavy atom.